The van der Waals surface area contributed by atoms with E-state index < -0.39 is 0 Å². The van der Waals surface area contributed by atoms with Crippen LogP contribution in [0.4, 0.5) is 0 Å². The monoisotopic (exact) mass is 619 g/mol. The van der Waals surface area contributed by atoms with Gasteiger partial charge in [-0.15, -0.1) is 0 Å². The van der Waals surface area contributed by atoms with Gasteiger partial charge in [0.05, 0.1) is 0 Å². The maximum absolute atomic E-state index is 6.48. The first-order valence-corrected chi connectivity index (χ1v) is 16.0. The van der Waals surface area contributed by atoms with Gasteiger partial charge in [0.15, 0.2) is 0 Å². The zero-order chi connectivity index (χ0) is 31.3. The lowest BCUT2D eigenvalue weighted by molar-refractivity contribution is 0.640. The Morgan fingerprint density at radius 2 is 0.750 bits per heavy atom. The van der Waals surface area contributed by atoms with Crippen molar-refractivity contribution in [3.63, 3.8) is 0 Å². The number of aromatic nitrogens is 3. The molecule has 6 nitrogen and oxygen atoms in total. The Morgan fingerprint density at radius 1 is 0.312 bits per heavy atom. The summed E-state index contributed by atoms with van der Waals surface area (Å²) < 4.78 is 25.3. The van der Waals surface area contributed by atoms with E-state index in [0.717, 1.165) is 94.4 Å². The fourth-order valence-electron chi connectivity index (χ4n) is 7.30. The third kappa shape index (κ3) is 3.57. The summed E-state index contributed by atoms with van der Waals surface area (Å²) in [4.78, 5) is 0. The minimum absolute atomic E-state index is 0.814. The molecule has 0 spiro atoms. The molecule has 6 heterocycles. The largest absolute Gasteiger partial charge is 0.439 e. The highest BCUT2D eigenvalue weighted by Gasteiger charge is 2.17. The molecule has 0 saturated heterocycles. The van der Waals surface area contributed by atoms with Gasteiger partial charge in [0, 0.05) is 68.0 Å². The highest BCUT2D eigenvalue weighted by molar-refractivity contribution is 6.07. The van der Waals surface area contributed by atoms with Gasteiger partial charge in [0.1, 0.15) is 16.7 Å². The molecule has 0 radical (unpaired) electrons. The number of furan rings is 3. The first-order valence-electron chi connectivity index (χ1n) is 16.0. The van der Waals surface area contributed by atoms with Crippen LogP contribution >= 0.6 is 0 Å². The van der Waals surface area contributed by atoms with Crippen molar-refractivity contribution >= 4 is 66.2 Å². The van der Waals surface area contributed by atoms with Gasteiger partial charge in [-0.2, -0.15) is 0 Å². The average molecular weight is 620 g/mol. The molecule has 48 heavy (non-hydrogen) atoms. The number of benzene rings is 5. The van der Waals surface area contributed by atoms with Gasteiger partial charge < -0.3 is 13.3 Å². The third-order valence-electron chi connectivity index (χ3n) is 9.61. The summed E-state index contributed by atoms with van der Waals surface area (Å²) in [5, 5.41) is 6.60. The quantitative estimate of drug-likeness (QED) is 0.197. The van der Waals surface area contributed by atoms with Gasteiger partial charge in [-0.3, -0.25) is 13.7 Å². The van der Waals surface area contributed by atoms with E-state index in [0.29, 0.717) is 0 Å². The Bertz CT molecular complexity index is 3030. The average Bonchev–Trinajstić information content (AvgIpc) is 3.97. The second-order valence-corrected chi connectivity index (χ2v) is 12.3. The normalized spacial score (nSPS) is 12.2. The number of nitrogens with zero attached hydrogens (tertiary/aromatic N) is 3. The molecule has 0 aliphatic carbocycles. The van der Waals surface area contributed by atoms with Crippen LogP contribution in [0, 0.1) is 0 Å². The van der Waals surface area contributed by atoms with E-state index in [4.69, 9.17) is 13.3 Å². The maximum Gasteiger partial charge on any atom is 0.212 e. The molecule has 0 aliphatic heterocycles. The number of hydrogen-bond acceptors (Lipinski definition) is 3. The molecule has 0 saturated carbocycles. The summed E-state index contributed by atoms with van der Waals surface area (Å²) >= 11 is 0. The standard InChI is InChI=1S/C42H25N3O3/c1-3-13-37-31(11-1)33-17-20-43(40(33)46-37)28-9-5-7-26(23-28)27-8-6-10-29(24-27)44-22-19-35-36-25-30(15-16-39(36)48-42(35)44)45-21-18-34-32-12-2-4-14-38(32)47-41(34)45/h1-25H. The highest BCUT2D eigenvalue weighted by Crippen LogP contribution is 2.37. The lowest BCUT2D eigenvalue weighted by Gasteiger charge is -2.09. The van der Waals surface area contributed by atoms with E-state index in [1.807, 2.05) is 42.5 Å². The first-order chi connectivity index (χ1) is 23.8. The summed E-state index contributed by atoms with van der Waals surface area (Å²) in [5.41, 5.74) is 10.5. The molecule has 0 fully saturated rings. The summed E-state index contributed by atoms with van der Waals surface area (Å²) in [6.45, 7) is 0. The van der Waals surface area contributed by atoms with Crippen LogP contribution in [0.3, 0.4) is 0 Å². The van der Waals surface area contributed by atoms with Crippen LogP contribution in [-0.2, 0) is 0 Å². The first kappa shape index (κ1) is 25.5. The van der Waals surface area contributed by atoms with E-state index >= 15 is 0 Å². The molecule has 6 heteroatoms. The zero-order valence-electron chi connectivity index (χ0n) is 25.5. The Kier molecular flexibility index (Phi) is 5.02. The molecule has 0 atom stereocenters. The van der Waals surface area contributed by atoms with E-state index in [9.17, 15) is 0 Å². The van der Waals surface area contributed by atoms with Gasteiger partial charge in [0.2, 0.25) is 17.1 Å². The predicted molar refractivity (Wildman–Crippen MR) is 192 cm³/mol. The van der Waals surface area contributed by atoms with Crippen LogP contribution in [-0.4, -0.2) is 13.7 Å². The summed E-state index contributed by atoms with van der Waals surface area (Å²) in [5.74, 6) is 0. The smallest absolute Gasteiger partial charge is 0.212 e. The molecule has 0 aliphatic rings. The van der Waals surface area contributed by atoms with Crippen molar-refractivity contribution in [2.24, 2.45) is 0 Å². The predicted octanol–water partition coefficient (Wildman–Crippen LogP) is 11.4. The highest BCUT2D eigenvalue weighted by atomic mass is 16.3. The van der Waals surface area contributed by atoms with Gasteiger partial charge in [-0.05, 0) is 83.9 Å². The van der Waals surface area contributed by atoms with Crippen LogP contribution in [0.25, 0.3) is 94.4 Å². The molecule has 11 rings (SSSR count). The minimum atomic E-state index is 0.814. The molecule has 0 amide bonds. The van der Waals surface area contributed by atoms with Crippen molar-refractivity contribution in [2.45, 2.75) is 0 Å². The zero-order valence-corrected chi connectivity index (χ0v) is 25.5. The van der Waals surface area contributed by atoms with E-state index in [-0.39, 0.29) is 0 Å². The maximum atomic E-state index is 6.48. The van der Waals surface area contributed by atoms with E-state index in [2.05, 4.69) is 123 Å². The van der Waals surface area contributed by atoms with Crippen molar-refractivity contribution in [1.29, 1.82) is 0 Å². The Morgan fingerprint density at radius 3 is 1.27 bits per heavy atom. The van der Waals surface area contributed by atoms with Crippen LogP contribution in [0.1, 0.15) is 0 Å². The van der Waals surface area contributed by atoms with Crippen molar-refractivity contribution < 1.29 is 13.3 Å². The van der Waals surface area contributed by atoms with E-state index in [1.54, 1.807) is 0 Å². The lowest BCUT2D eigenvalue weighted by atomic mass is 10.0. The van der Waals surface area contributed by atoms with Crippen LogP contribution in [0.15, 0.2) is 165 Å². The molecule has 0 unspecified atom stereocenters. The SMILES string of the molecule is c1cc(-c2cccc(-n3ccc4c5cc(-n6ccc7c8ccccc8oc76)ccc5oc43)c2)cc(-n2ccc3c4ccccc4oc32)c1. The van der Waals surface area contributed by atoms with Crippen molar-refractivity contribution in [3.8, 4) is 28.2 Å². The van der Waals surface area contributed by atoms with Crippen LogP contribution < -0.4 is 0 Å². The van der Waals surface area contributed by atoms with Gasteiger partial charge in [0.25, 0.3) is 0 Å². The second-order valence-electron chi connectivity index (χ2n) is 12.3. The Labute approximate surface area is 272 Å². The summed E-state index contributed by atoms with van der Waals surface area (Å²) in [6.07, 6.45) is 6.23. The van der Waals surface area contributed by atoms with Crippen LogP contribution in [0.2, 0.25) is 0 Å². The molecule has 6 aromatic heterocycles. The van der Waals surface area contributed by atoms with Crippen LogP contribution in [0.5, 0.6) is 0 Å². The number of fused-ring (bicyclic) bond motifs is 9. The molecule has 5 aromatic carbocycles. The molecule has 226 valence electrons. The summed E-state index contributed by atoms with van der Waals surface area (Å²) in [7, 11) is 0. The number of para-hydroxylation sites is 2. The third-order valence-corrected chi connectivity index (χ3v) is 9.61. The molecule has 0 N–H and O–H groups in total. The number of rotatable bonds is 4. The molecule has 11 aromatic rings. The Balaban J connectivity index is 0.977. The topological polar surface area (TPSA) is 54.2 Å². The van der Waals surface area contributed by atoms with Gasteiger partial charge in [-0.1, -0.05) is 60.7 Å². The molecular formula is C42H25N3O3. The number of hydrogen-bond donors (Lipinski definition) is 0. The fraction of sp³-hybridized carbons (Fsp3) is 0. The second kappa shape index (κ2) is 9.44. The van der Waals surface area contributed by atoms with Gasteiger partial charge in [-0.25, -0.2) is 0 Å². The van der Waals surface area contributed by atoms with Crippen molar-refractivity contribution in [1.82, 2.24) is 13.7 Å². The lowest BCUT2D eigenvalue weighted by Crippen LogP contribution is -1.93. The molecular weight excluding hydrogens is 594 g/mol. The minimum Gasteiger partial charge on any atom is -0.439 e. The van der Waals surface area contributed by atoms with Crippen molar-refractivity contribution in [2.75, 3.05) is 0 Å². The van der Waals surface area contributed by atoms with E-state index in [1.165, 1.54) is 0 Å². The summed E-state index contributed by atoms with van der Waals surface area (Å²) in [6, 6.07) is 46.2. The van der Waals surface area contributed by atoms with Crippen molar-refractivity contribution in [3.05, 3.63) is 152 Å². The van der Waals surface area contributed by atoms with Gasteiger partial charge >= 0.3 is 0 Å². The fourth-order valence-corrected chi connectivity index (χ4v) is 7.30. The molecule has 0 bridgehead atoms. The Hall–Kier alpha value is -6.66.